The van der Waals surface area contributed by atoms with Crippen molar-refractivity contribution in [2.75, 3.05) is 11.9 Å². The molecule has 3 aromatic rings. The minimum absolute atomic E-state index is 0.679. The molecule has 3 heterocycles. The molecule has 20 heavy (non-hydrogen) atoms. The van der Waals surface area contributed by atoms with Gasteiger partial charge in [-0.1, -0.05) is 6.92 Å². The molecule has 0 fully saturated rings. The number of aryl methyl sites for hydroxylation is 2. The highest BCUT2D eigenvalue weighted by Crippen LogP contribution is 2.30. The molecular weight excluding hydrogens is 270 g/mol. The van der Waals surface area contributed by atoms with E-state index < -0.39 is 0 Å². The number of rotatable bonds is 4. The number of nitrogens with one attached hydrogen (secondary N) is 1. The fourth-order valence-corrected chi connectivity index (χ4v) is 2.95. The van der Waals surface area contributed by atoms with Crippen molar-refractivity contribution in [2.45, 2.75) is 20.3 Å². The molecular formula is C14H17N5S. The molecule has 0 unspecified atom stereocenters. The highest BCUT2D eigenvalue weighted by Gasteiger charge is 2.13. The van der Waals surface area contributed by atoms with Crippen LogP contribution >= 0.6 is 11.3 Å². The largest absolute Gasteiger partial charge is 0.369 e. The van der Waals surface area contributed by atoms with Crippen molar-refractivity contribution in [3.05, 3.63) is 23.2 Å². The molecule has 0 aliphatic carbocycles. The Morgan fingerprint density at radius 3 is 2.90 bits per heavy atom. The summed E-state index contributed by atoms with van der Waals surface area (Å²) in [7, 11) is 1.90. The molecule has 0 aliphatic rings. The van der Waals surface area contributed by atoms with Crippen molar-refractivity contribution in [3.63, 3.8) is 0 Å². The minimum atomic E-state index is 0.679. The topological polar surface area (TPSA) is 55.6 Å². The maximum atomic E-state index is 4.64. The van der Waals surface area contributed by atoms with Gasteiger partial charge in [0.25, 0.3) is 0 Å². The van der Waals surface area contributed by atoms with Crippen molar-refractivity contribution in [1.82, 2.24) is 19.7 Å². The summed E-state index contributed by atoms with van der Waals surface area (Å²) in [6.07, 6.45) is 2.97. The van der Waals surface area contributed by atoms with E-state index in [1.807, 2.05) is 19.3 Å². The second-order valence-electron chi connectivity index (χ2n) is 4.77. The third-order valence-corrected chi connectivity index (χ3v) is 3.95. The standard InChI is InChI=1S/C14H17N5S/c1-4-6-15-12-10-8-9(2)20-14(10)17-13(16-12)11-5-7-19(3)18-11/h5,7-8H,4,6H2,1-3H3,(H,15,16,17). The third-order valence-electron chi connectivity index (χ3n) is 3.00. The second kappa shape index (κ2) is 5.20. The Hall–Kier alpha value is -1.95. The number of thiophene rings is 1. The molecule has 1 N–H and O–H groups in total. The van der Waals surface area contributed by atoms with Crippen LogP contribution < -0.4 is 5.32 Å². The van der Waals surface area contributed by atoms with Crippen LogP contribution in [-0.2, 0) is 7.05 Å². The Kier molecular flexibility index (Phi) is 3.40. The first-order valence-corrected chi connectivity index (χ1v) is 7.51. The van der Waals surface area contributed by atoms with Gasteiger partial charge >= 0.3 is 0 Å². The average Bonchev–Trinajstić information content (AvgIpc) is 3.00. The van der Waals surface area contributed by atoms with Crippen LogP contribution in [0.2, 0.25) is 0 Å². The molecule has 0 amide bonds. The molecule has 6 heteroatoms. The van der Waals surface area contributed by atoms with E-state index in [0.29, 0.717) is 5.82 Å². The molecule has 104 valence electrons. The van der Waals surface area contributed by atoms with Gasteiger partial charge in [0.1, 0.15) is 16.3 Å². The Balaban J connectivity index is 2.13. The van der Waals surface area contributed by atoms with E-state index in [2.05, 4.69) is 40.3 Å². The third kappa shape index (κ3) is 2.38. The number of hydrogen-bond donors (Lipinski definition) is 1. The van der Waals surface area contributed by atoms with Crippen LogP contribution in [0.1, 0.15) is 18.2 Å². The van der Waals surface area contributed by atoms with Gasteiger partial charge in [0.2, 0.25) is 0 Å². The molecule has 0 aromatic carbocycles. The molecule has 0 atom stereocenters. The van der Waals surface area contributed by atoms with Crippen LogP contribution in [0.25, 0.3) is 21.7 Å². The molecule has 3 rings (SSSR count). The smallest absolute Gasteiger partial charge is 0.183 e. The molecule has 0 saturated heterocycles. The van der Waals surface area contributed by atoms with E-state index in [0.717, 1.165) is 34.7 Å². The zero-order chi connectivity index (χ0) is 14.1. The summed E-state index contributed by atoms with van der Waals surface area (Å²) in [5.41, 5.74) is 0.806. The Labute approximate surface area is 121 Å². The highest BCUT2D eigenvalue weighted by atomic mass is 32.1. The summed E-state index contributed by atoms with van der Waals surface area (Å²) in [6.45, 7) is 5.14. The number of nitrogens with zero attached hydrogens (tertiary/aromatic N) is 4. The number of hydrogen-bond acceptors (Lipinski definition) is 5. The van der Waals surface area contributed by atoms with E-state index in [1.54, 1.807) is 16.0 Å². The first-order valence-electron chi connectivity index (χ1n) is 6.69. The van der Waals surface area contributed by atoms with E-state index in [4.69, 9.17) is 0 Å². The van der Waals surface area contributed by atoms with Gasteiger partial charge in [0, 0.05) is 24.7 Å². The first-order chi connectivity index (χ1) is 9.67. The maximum Gasteiger partial charge on any atom is 0.183 e. The van der Waals surface area contributed by atoms with Gasteiger partial charge < -0.3 is 5.32 Å². The molecule has 0 bridgehead atoms. The predicted molar refractivity (Wildman–Crippen MR) is 83.1 cm³/mol. The predicted octanol–water partition coefficient (Wildman–Crippen LogP) is 3.22. The van der Waals surface area contributed by atoms with Crippen molar-refractivity contribution in [3.8, 4) is 11.5 Å². The molecule has 5 nitrogen and oxygen atoms in total. The van der Waals surface area contributed by atoms with Crippen molar-refractivity contribution in [2.24, 2.45) is 7.05 Å². The molecule has 0 saturated carbocycles. The van der Waals surface area contributed by atoms with Gasteiger partial charge in [0.15, 0.2) is 5.82 Å². The van der Waals surface area contributed by atoms with Crippen LogP contribution in [0.5, 0.6) is 0 Å². The number of fused-ring (bicyclic) bond motifs is 1. The zero-order valence-corrected chi connectivity index (χ0v) is 12.7. The van der Waals surface area contributed by atoms with Crippen LogP contribution in [0, 0.1) is 6.92 Å². The van der Waals surface area contributed by atoms with Crippen molar-refractivity contribution in [1.29, 1.82) is 0 Å². The van der Waals surface area contributed by atoms with Crippen LogP contribution in [-0.4, -0.2) is 26.3 Å². The van der Waals surface area contributed by atoms with Gasteiger partial charge in [-0.15, -0.1) is 11.3 Å². The van der Waals surface area contributed by atoms with Crippen LogP contribution in [0.3, 0.4) is 0 Å². The lowest BCUT2D eigenvalue weighted by Crippen LogP contribution is -2.04. The fourth-order valence-electron chi connectivity index (χ4n) is 2.07. The highest BCUT2D eigenvalue weighted by molar-refractivity contribution is 7.18. The normalized spacial score (nSPS) is 11.2. The van der Waals surface area contributed by atoms with Gasteiger partial charge in [-0.2, -0.15) is 5.10 Å². The lowest BCUT2D eigenvalue weighted by Gasteiger charge is -2.06. The van der Waals surface area contributed by atoms with Crippen LogP contribution in [0.4, 0.5) is 5.82 Å². The molecule has 3 aromatic heterocycles. The van der Waals surface area contributed by atoms with Gasteiger partial charge in [0.05, 0.1) is 5.39 Å². The van der Waals surface area contributed by atoms with Crippen LogP contribution in [0.15, 0.2) is 18.3 Å². The lowest BCUT2D eigenvalue weighted by atomic mass is 10.3. The van der Waals surface area contributed by atoms with E-state index in [9.17, 15) is 0 Å². The first kappa shape index (κ1) is 13.1. The van der Waals surface area contributed by atoms with E-state index >= 15 is 0 Å². The van der Waals surface area contributed by atoms with Gasteiger partial charge in [-0.25, -0.2) is 9.97 Å². The van der Waals surface area contributed by atoms with Crippen molar-refractivity contribution < 1.29 is 0 Å². The Morgan fingerprint density at radius 2 is 2.20 bits per heavy atom. The van der Waals surface area contributed by atoms with E-state index in [-0.39, 0.29) is 0 Å². The molecule has 0 radical (unpaired) electrons. The maximum absolute atomic E-state index is 4.64. The molecule has 0 spiro atoms. The summed E-state index contributed by atoms with van der Waals surface area (Å²) < 4.78 is 1.77. The fraction of sp³-hybridized carbons (Fsp3) is 0.357. The summed E-state index contributed by atoms with van der Waals surface area (Å²) in [5, 5.41) is 8.87. The summed E-state index contributed by atoms with van der Waals surface area (Å²) in [6, 6.07) is 4.07. The summed E-state index contributed by atoms with van der Waals surface area (Å²) in [5.74, 6) is 1.58. The minimum Gasteiger partial charge on any atom is -0.369 e. The SMILES string of the molecule is CCCNc1nc(-c2ccn(C)n2)nc2sc(C)cc12. The Bertz CT molecular complexity index is 743. The average molecular weight is 287 g/mol. The summed E-state index contributed by atoms with van der Waals surface area (Å²) >= 11 is 1.69. The lowest BCUT2D eigenvalue weighted by molar-refractivity contribution is 0.769. The van der Waals surface area contributed by atoms with Crippen molar-refractivity contribution >= 4 is 27.4 Å². The quantitative estimate of drug-likeness (QED) is 0.800. The summed E-state index contributed by atoms with van der Waals surface area (Å²) in [4.78, 5) is 11.5. The van der Waals surface area contributed by atoms with Gasteiger partial charge in [-0.05, 0) is 25.5 Å². The second-order valence-corrected chi connectivity index (χ2v) is 6.01. The Morgan fingerprint density at radius 1 is 1.35 bits per heavy atom. The van der Waals surface area contributed by atoms with Gasteiger partial charge in [-0.3, -0.25) is 4.68 Å². The monoisotopic (exact) mass is 287 g/mol. The number of aromatic nitrogens is 4. The number of anilines is 1. The molecule has 0 aliphatic heterocycles. The zero-order valence-electron chi connectivity index (χ0n) is 11.8. The van der Waals surface area contributed by atoms with E-state index in [1.165, 1.54) is 4.88 Å².